The molecule has 0 bridgehead atoms. The maximum absolute atomic E-state index is 5.91. The van der Waals surface area contributed by atoms with Gasteiger partial charge in [0, 0.05) is 21.8 Å². The lowest BCUT2D eigenvalue weighted by Gasteiger charge is -2.07. The van der Waals surface area contributed by atoms with Crippen molar-refractivity contribution >= 4 is 39.3 Å². The molecule has 4 nitrogen and oxygen atoms in total. The van der Waals surface area contributed by atoms with E-state index in [1.54, 1.807) is 13.2 Å². The summed E-state index contributed by atoms with van der Waals surface area (Å²) >= 11 is 15.1. The van der Waals surface area contributed by atoms with Crippen molar-refractivity contribution in [3.63, 3.8) is 0 Å². The van der Waals surface area contributed by atoms with Crippen molar-refractivity contribution in [2.24, 2.45) is 0 Å². The zero-order valence-corrected chi connectivity index (χ0v) is 11.2. The van der Waals surface area contributed by atoms with Crippen molar-refractivity contribution in [2.75, 3.05) is 7.11 Å². The summed E-state index contributed by atoms with van der Waals surface area (Å²) in [7, 11) is 1.57. The molecule has 0 N–H and O–H groups in total. The zero-order valence-electron chi connectivity index (χ0n) is 8.12. The van der Waals surface area contributed by atoms with Crippen LogP contribution in [0.15, 0.2) is 22.7 Å². The molecule has 0 aliphatic heterocycles. The Kier molecular flexibility index (Phi) is 3.37. The second-order valence-corrected chi connectivity index (χ2v) is 4.53. The van der Waals surface area contributed by atoms with Crippen LogP contribution in [0.2, 0.25) is 5.15 Å². The Balaban J connectivity index is 2.67. The van der Waals surface area contributed by atoms with E-state index in [2.05, 4.69) is 26.2 Å². The van der Waals surface area contributed by atoms with Crippen LogP contribution in [0.5, 0.6) is 5.75 Å². The number of methoxy groups -OCH3 is 1. The molecule has 0 amide bonds. The quantitative estimate of drug-likeness (QED) is 0.851. The molecule has 0 aliphatic carbocycles. The van der Waals surface area contributed by atoms with Gasteiger partial charge >= 0.3 is 0 Å². The molecule has 0 saturated carbocycles. The third-order valence-electron chi connectivity index (χ3n) is 2.01. The van der Waals surface area contributed by atoms with E-state index in [9.17, 15) is 0 Å². The van der Waals surface area contributed by atoms with Gasteiger partial charge in [-0.25, -0.2) is 0 Å². The third-order valence-corrected chi connectivity index (χ3v) is 2.99. The molecule has 16 heavy (non-hydrogen) atoms. The van der Waals surface area contributed by atoms with Crippen molar-refractivity contribution in [1.29, 1.82) is 0 Å². The summed E-state index contributed by atoms with van der Waals surface area (Å²) in [6, 6.07) is 5.50. The fourth-order valence-corrected chi connectivity index (χ4v) is 2.15. The summed E-state index contributed by atoms with van der Waals surface area (Å²) < 4.78 is 7.20. The van der Waals surface area contributed by atoms with Gasteiger partial charge in [-0.2, -0.15) is 0 Å². The summed E-state index contributed by atoms with van der Waals surface area (Å²) in [6.45, 7) is 0. The molecule has 1 heterocycles. The molecular weight excluding hydrogens is 317 g/mol. The number of ether oxygens (including phenoxy) is 1. The van der Waals surface area contributed by atoms with Crippen LogP contribution in [-0.2, 0) is 0 Å². The van der Waals surface area contributed by atoms with Gasteiger partial charge in [-0.1, -0.05) is 27.5 Å². The van der Waals surface area contributed by atoms with E-state index < -0.39 is 0 Å². The number of nitrogens with zero attached hydrogens (tertiary/aromatic N) is 3. The van der Waals surface area contributed by atoms with E-state index in [0.717, 1.165) is 14.2 Å². The molecule has 0 unspecified atom stereocenters. The SMILES string of the molecule is COc1ccc(Br)cc1-c1c(Cl)nnn1Cl. The van der Waals surface area contributed by atoms with Crippen LogP contribution in [0.25, 0.3) is 11.3 Å². The summed E-state index contributed by atoms with van der Waals surface area (Å²) in [4.78, 5) is 0. The van der Waals surface area contributed by atoms with Gasteiger partial charge in [0.25, 0.3) is 0 Å². The van der Waals surface area contributed by atoms with Crippen molar-refractivity contribution < 1.29 is 4.74 Å². The number of rotatable bonds is 2. The Hall–Kier alpha value is -0.780. The van der Waals surface area contributed by atoms with Gasteiger partial charge in [-0.15, -0.1) is 9.30 Å². The van der Waals surface area contributed by atoms with E-state index in [1.165, 1.54) is 0 Å². The predicted octanol–water partition coefficient (Wildman–Crippen LogP) is 3.37. The lowest BCUT2D eigenvalue weighted by Crippen LogP contribution is -1.92. The Labute approximate surface area is 110 Å². The molecule has 0 fully saturated rings. The van der Waals surface area contributed by atoms with Crippen LogP contribution in [0.3, 0.4) is 0 Å². The molecule has 1 aromatic heterocycles. The van der Waals surface area contributed by atoms with Crippen LogP contribution < -0.4 is 4.74 Å². The van der Waals surface area contributed by atoms with E-state index in [0.29, 0.717) is 11.4 Å². The summed E-state index contributed by atoms with van der Waals surface area (Å²) in [5.41, 5.74) is 1.23. The highest BCUT2D eigenvalue weighted by Crippen LogP contribution is 2.35. The van der Waals surface area contributed by atoms with Gasteiger partial charge in [0.1, 0.15) is 11.4 Å². The maximum Gasteiger partial charge on any atom is 0.181 e. The topological polar surface area (TPSA) is 39.9 Å². The Morgan fingerprint density at radius 3 is 2.75 bits per heavy atom. The highest BCUT2D eigenvalue weighted by Gasteiger charge is 2.16. The third kappa shape index (κ3) is 2.03. The number of aromatic nitrogens is 3. The maximum atomic E-state index is 5.91. The number of hydrogen-bond donors (Lipinski definition) is 0. The Morgan fingerprint density at radius 1 is 1.44 bits per heavy atom. The first-order valence-electron chi connectivity index (χ1n) is 4.24. The Bertz CT molecular complexity index is 510. The summed E-state index contributed by atoms with van der Waals surface area (Å²) in [5.74, 6) is 0.648. The minimum Gasteiger partial charge on any atom is -0.496 e. The molecule has 0 spiro atoms. The lowest BCUT2D eigenvalue weighted by molar-refractivity contribution is 0.416. The molecule has 84 valence electrons. The highest BCUT2D eigenvalue weighted by molar-refractivity contribution is 9.10. The predicted molar refractivity (Wildman–Crippen MR) is 66.0 cm³/mol. The van der Waals surface area contributed by atoms with Crippen LogP contribution in [-0.4, -0.2) is 21.6 Å². The van der Waals surface area contributed by atoms with E-state index >= 15 is 0 Å². The monoisotopic (exact) mass is 321 g/mol. The molecule has 2 rings (SSSR count). The van der Waals surface area contributed by atoms with E-state index in [4.69, 9.17) is 28.1 Å². The first-order chi connectivity index (χ1) is 7.63. The van der Waals surface area contributed by atoms with E-state index in [-0.39, 0.29) is 5.15 Å². The van der Waals surface area contributed by atoms with Gasteiger partial charge in [-0.05, 0) is 23.4 Å². The number of hydrogen-bond acceptors (Lipinski definition) is 3. The first-order valence-corrected chi connectivity index (χ1v) is 5.75. The number of benzene rings is 1. The van der Waals surface area contributed by atoms with Crippen LogP contribution in [0, 0.1) is 0 Å². The zero-order chi connectivity index (χ0) is 11.7. The standard InChI is InChI=1S/C9H6BrCl2N3O/c1-16-7-3-2-5(10)4-6(7)8-9(11)13-14-15(8)12/h2-4H,1H3. The van der Waals surface area contributed by atoms with Crippen molar-refractivity contribution in [3.8, 4) is 17.0 Å². The largest absolute Gasteiger partial charge is 0.496 e. The molecule has 0 atom stereocenters. The molecular formula is C9H6BrCl2N3O. The molecule has 0 aliphatic rings. The van der Waals surface area contributed by atoms with Crippen LogP contribution in [0.4, 0.5) is 0 Å². The normalized spacial score (nSPS) is 10.5. The average Bonchev–Trinajstić information content (AvgIpc) is 2.58. The highest BCUT2D eigenvalue weighted by atomic mass is 79.9. The first kappa shape index (κ1) is 11.7. The van der Waals surface area contributed by atoms with Crippen molar-refractivity contribution in [2.45, 2.75) is 0 Å². The lowest BCUT2D eigenvalue weighted by atomic mass is 10.1. The van der Waals surface area contributed by atoms with Crippen LogP contribution in [0.1, 0.15) is 0 Å². The number of halogens is 3. The van der Waals surface area contributed by atoms with Crippen molar-refractivity contribution in [1.82, 2.24) is 14.5 Å². The Morgan fingerprint density at radius 2 is 2.19 bits per heavy atom. The van der Waals surface area contributed by atoms with Gasteiger partial charge in [0.05, 0.1) is 7.11 Å². The van der Waals surface area contributed by atoms with E-state index in [1.807, 2.05) is 12.1 Å². The second-order valence-electron chi connectivity index (χ2n) is 2.93. The summed E-state index contributed by atoms with van der Waals surface area (Å²) in [6.07, 6.45) is 0. The molecule has 2 aromatic rings. The minimum absolute atomic E-state index is 0.228. The fraction of sp³-hybridized carbons (Fsp3) is 0.111. The molecule has 0 radical (unpaired) electrons. The van der Waals surface area contributed by atoms with Gasteiger partial charge in [0.2, 0.25) is 0 Å². The fourth-order valence-electron chi connectivity index (χ4n) is 1.32. The summed E-state index contributed by atoms with van der Waals surface area (Å²) in [5, 5.41) is 7.53. The van der Waals surface area contributed by atoms with Crippen molar-refractivity contribution in [3.05, 3.63) is 27.8 Å². The molecule has 7 heteroatoms. The van der Waals surface area contributed by atoms with Gasteiger partial charge < -0.3 is 4.74 Å². The van der Waals surface area contributed by atoms with Gasteiger partial charge in [-0.3, -0.25) is 0 Å². The minimum atomic E-state index is 0.228. The van der Waals surface area contributed by atoms with Crippen LogP contribution >= 0.6 is 39.3 Å². The molecule has 1 aromatic carbocycles. The smallest absolute Gasteiger partial charge is 0.181 e. The molecule has 0 saturated heterocycles. The average molecular weight is 323 g/mol. The van der Waals surface area contributed by atoms with Gasteiger partial charge in [0.15, 0.2) is 5.15 Å². The second kappa shape index (κ2) is 4.61.